The van der Waals surface area contributed by atoms with E-state index in [9.17, 15) is 9.59 Å². The molecular formula is C27H26N2O3S. The lowest BCUT2D eigenvalue weighted by Crippen LogP contribution is -2.41. The average Bonchev–Trinajstić information content (AvgIpc) is 3.26. The summed E-state index contributed by atoms with van der Waals surface area (Å²) in [5.74, 6) is 1.52. The van der Waals surface area contributed by atoms with E-state index in [1.807, 2.05) is 54.6 Å². The molecule has 1 saturated heterocycles. The maximum absolute atomic E-state index is 13.7. The van der Waals surface area contributed by atoms with Gasteiger partial charge in [0.15, 0.2) is 5.78 Å². The minimum atomic E-state index is -0.405. The van der Waals surface area contributed by atoms with Crippen LogP contribution >= 0.6 is 11.8 Å². The van der Waals surface area contributed by atoms with Crippen molar-refractivity contribution in [3.8, 4) is 5.75 Å². The van der Waals surface area contributed by atoms with Gasteiger partial charge in [0.05, 0.1) is 25.3 Å². The number of ether oxygens (including phenoxy) is 1. The molecule has 6 heteroatoms. The fourth-order valence-electron chi connectivity index (χ4n) is 4.62. The second-order valence-corrected chi connectivity index (χ2v) is 9.39. The number of nitrogens with one attached hydrogen (secondary N) is 1. The SMILES string of the molecule is COc1ccc(CC(=O)N2CCCC2C(=O)c2cccc3c2CSc2ccccc2N3)cc1. The first-order valence-electron chi connectivity index (χ1n) is 11.2. The van der Waals surface area contributed by atoms with Gasteiger partial charge < -0.3 is 15.0 Å². The maximum Gasteiger partial charge on any atom is 0.227 e. The summed E-state index contributed by atoms with van der Waals surface area (Å²) in [5, 5.41) is 3.50. The Morgan fingerprint density at radius 1 is 1.03 bits per heavy atom. The number of amides is 1. The highest BCUT2D eigenvalue weighted by Gasteiger charge is 2.35. The third kappa shape index (κ3) is 4.35. The lowest BCUT2D eigenvalue weighted by atomic mass is 9.96. The number of carbonyl (C=O) groups excluding carboxylic acids is 2. The molecule has 0 spiro atoms. The van der Waals surface area contributed by atoms with Crippen LogP contribution in [0.25, 0.3) is 0 Å². The van der Waals surface area contributed by atoms with Gasteiger partial charge in [-0.05, 0) is 54.3 Å². The molecule has 168 valence electrons. The number of methoxy groups -OCH3 is 1. The second kappa shape index (κ2) is 9.32. The van der Waals surface area contributed by atoms with E-state index in [0.717, 1.165) is 40.2 Å². The van der Waals surface area contributed by atoms with Gasteiger partial charge in [-0.2, -0.15) is 0 Å². The van der Waals surface area contributed by atoms with E-state index in [2.05, 4.69) is 17.4 Å². The van der Waals surface area contributed by atoms with E-state index in [-0.39, 0.29) is 18.1 Å². The Balaban J connectivity index is 1.37. The van der Waals surface area contributed by atoms with Crippen LogP contribution in [-0.2, 0) is 17.0 Å². The maximum atomic E-state index is 13.7. The molecule has 0 aliphatic carbocycles. The van der Waals surface area contributed by atoms with Crippen molar-refractivity contribution in [3.63, 3.8) is 0 Å². The molecule has 0 bridgehead atoms. The van der Waals surface area contributed by atoms with Gasteiger partial charge in [0.2, 0.25) is 5.91 Å². The summed E-state index contributed by atoms with van der Waals surface area (Å²) in [6.45, 7) is 0.624. The Bertz CT molecular complexity index is 1190. The minimum Gasteiger partial charge on any atom is -0.497 e. The van der Waals surface area contributed by atoms with Gasteiger partial charge >= 0.3 is 0 Å². The van der Waals surface area contributed by atoms with E-state index >= 15 is 0 Å². The largest absolute Gasteiger partial charge is 0.497 e. The summed E-state index contributed by atoms with van der Waals surface area (Å²) in [6, 6.07) is 21.2. The summed E-state index contributed by atoms with van der Waals surface area (Å²) >= 11 is 1.73. The van der Waals surface area contributed by atoms with Crippen molar-refractivity contribution in [1.29, 1.82) is 0 Å². The highest BCUT2D eigenvalue weighted by atomic mass is 32.2. The fraction of sp³-hybridized carbons (Fsp3) is 0.259. The first kappa shape index (κ1) is 21.6. The molecule has 0 radical (unpaired) electrons. The number of fused-ring (bicyclic) bond motifs is 2. The summed E-state index contributed by atoms with van der Waals surface area (Å²) < 4.78 is 5.20. The van der Waals surface area contributed by atoms with Crippen LogP contribution in [0.5, 0.6) is 5.75 Å². The molecule has 1 atom stereocenters. The first-order chi connectivity index (χ1) is 16.1. The number of benzene rings is 3. The van der Waals surface area contributed by atoms with Crippen molar-refractivity contribution < 1.29 is 14.3 Å². The molecule has 3 aromatic carbocycles. The third-order valence-electron chi connectivity index (χ3n) is 6.36. The van der Waals surface area contributed by atoms with E-state index in [0.29, 0.717) is 18.7 Å². The second-order valence-electron chi connectivity index (χ2n) is 8.38. The summed E-state index contributed by atoms with van der Waals surface area (Å²) in [6.07, 6.45) is 1.84. The van der Waals surface area contributed by atoms with Crippen molar-refractivity contribution in [1.82, 2.24) is 4.90 Å². The number of rotatable bonds is 5. The van der Waals surface area contributed by atoms with Crippen molar-refractivity contribution in [3.05, 3.63) is 83.4 Å². The van der Waals surface area contributed by atoms with Crippen LogP contribution < -0.4 is 10.1 Å². The number of hydrogen-bond acceptors (Lipinski definition) is 5. The lowest BCUT2D eigenvalue weighted by molar-refractivity contribution is -0.130. The molecule has 3 aromatic rings. The number of likely N-dealkylation sites (tertiary alicyclic amines) is 1. The summed E-state index contributed by atoms with van der Waals surface area (Å²) in [4.78, 5) is 29.8. The number of hydrogen-bond donors (Lipinski definition) is 1. The molecule has 0 aromatic heterocycles. The highest BCUT2D eigenvalue weighted by Crippen LogP contribution is 2.40. The van der Waals surface area contributed by atoms with E-state index in [4.69, 9.17) is 4.74 Å². The van der Waals surface area contributed by atoms with Crippen LogP contribution in [0.1, 0.15) is 34.3 Å². The summed E-state index contributed by atoms with van der Waals surface area (Å²) in [5.41, 5.74) is 4.67. The quantitative estimate of drug-likeness (QED) is 0.515. The Labute approximate surface area is 198 Å². The van der Waals surface area contributed by atoms with Crippen molar-refractivity contribution in [2.75, 3.05) is 19.0 Å². The van der Waals surface area contributed by atoms with Gasteiger partial charge in [0.1, 0.15) is 5.75 Å². The molecule has 2 aliphatic rings. The first-order valence-corrected chi connectivity index (χ1v) is 12.2. The topological polar surface area (TPSA) is 58.6 Å². The van der Waals surface area contributed by atoms with Gasteiger partial charge in [-0.1, -0.05) is 36.4 Å². The number of thioether (sulfide) groups is 1. The normalized spacial score (nSPS) is 16.9. The third-order valence-corrected chi connectivity index (χ3v) is 7.46. The van der Waals surface area contributed by atoms with E-state index in [1.54, 1.807) is 23.8 Å². The Hall–Kier alpha value is -3.25. The molecule has 33 heavy (non-hydrogen) atoms. The summed E-state index contributed by atoms with van der Waals surface area (Å²) in [7, 11) is 1.62. The lowest BCUT2D eigenvalue weighted by Gasteiger charge is -2.25. The van der Waals surface area contributed by atoms with Gasteiger partial charge in [0, 0.05) is 28.4 Å². The zero-order chi connectivity index (χ0) is 22.8. The van der Waals surface area contributed by atoms with Crippen molar-refractivity contribution in [2.24, 2.45) is 0 Å². The molecule has 1 unspecified atom stereocenters. The molecule has 2 aliphatic heterocycles. The number of Topliss-reactive ketones (excluding diaryl/α,β-unsaturated/α-hetero) is 1. The van der Waals surface area contributed by atoms with Crippen LogP contribution in [0.3, 0.4) is 0 Å². The minimum absolute atomic E-state index is 0.00190. The van der Waals surface area contributed by atoms with Crippen molar-refractivity contribution >= 4 is 34.8 Å². The predicted molar refractivity (Wildman–Crippen MR) is 131 cm³/mol. The predicted octanol–water partition coefficient (Wildman–Crippen LogP) is 5.46. The molecule has 5 rings (SSSR count). The van der Waals surface area contributed by atoms with Crippen LogP contribution in [0.4, 0.5) is 11.4 Å². The molecule has 1 amide bonds. The van der Waals surface area contributed by atoms with Gasteiger partial charge in [-0.3, -0.25) is 9.59 Å². The molecule has 0 saturated carbocycles. The number of nitrogens with zero attached hydrogens (tertiary/aromatic N) is 1. The van der Waals surface area contributed by atoms with E-state index < -0.39 is 6.04 Å². The van der Waals surface area contributed by atoms with E-state index in [1.165, 1.54) is 4.90 Å². The number of anilines is 2. The average molecular weight is 459 g/mol. The molecular weight excluding hydrogens is 432 g/mol. The van der Waals surface area contributed by atoms with Crippen LogP contribution in [0, 0.1) is 0 Å². The van der Waals surface area contributed by atoms with Crippen LogP contribution in [-0.4, -0.2) is 36.3 Å². The molecule has 5 nitrogen and oxygen atoms in total. The van der Waals surface area contributed by atoms with Gasteiger partial charge in [-0.25, -0.2) is 0 Å². The highest BCUT2D eigenvalue weighted by molar-refractivity contribution is 7.98. The number of carbonyl (C=O) groups is 2. The monoisotopic (exact) mass is 458 g/mol. The van der Waals surface area contributed by atoms with Crippen molar-refractivity contribution in [2.45, 2.75) is 36.0 Å². The Kier molecular flexibility index (Phi) is 6.09. The van der Waals surface area contributed by atoms with Crippen LogP contribution in [0.2, 0.25) is 0 Å². The number of para-hydroxylation sites is 1. The fourth-order valence-corrected chi connectivity index (χ4v) is 5.68. The smallest absolute Gasteiger partial charge is 0.227 e. The van der Waals surface area contributed by atoms with Gasteiger partial charge in [0.25, 0.3) is 0 Å². The standard InChI is InChI=1S/C27H26N2O3S/c1-32-19-13-11-18(12-14-19)16-26(30)29-15-5-9-24(29)27(31)20-6-4-8-22-21(20)17-33-25-10-3-2-7-23(25)28-22/h2-4,6-8,10-14,24,28H,5,9,15-17H2,1H3. The Morgan fingerprint density at radius 3 is 2.64 bits per heavy atom. The zero-order valence-corrected chi connectivity index (χ0v) is 19.4. The molecule has 1 fully saturated rings. The number of ketones is 1. The van der Waals surface area contributed by atoms with Gasteiger partial charge in [-0.15, -0.1) is 11.8 Å². The van der Waals surface area contributed by atoms with Crippen LogP contribution in [0.15, 0.2) is 71.6 Å². The zero-order valence-electron chi connectivity index (χ0n) is 18.5. The molecule has 2 heterocycles. The molecule has 1 N–H and O–H groups in total. The Morgan fingerprint density at radius 2 is 1.82 bits per heavy atom.